The minimum atomic E-state index is -0.571. The van der Waals surface area contributed by atoms with Crippen molar-refractivity contribution < 1.29 is 40.2 Å². The number of benzene rings is 4. The van der Waals surface area contributed by atoms with Gasteiger partial charge in [0, 0.05) is 45.5 Å². The molecular weight excluding hydrogens is 512 g/mol. The molecule has 8 heteroatoms. The van der Waals surface area contributed by atoms with Crippen LogP contribution < -0.4 is 0 Å². The first-order valence-electron chi connectivity index (χ1n) is 13.1. The van der Waals surface area contributed by atoms with Crippen molar-refractivity contribution in [3.63, 3.8) is 0 Å². The van der Waals surface area contributed by atoms with Crippen LogP contribution in [0.3, 0.4) is 0 Å². The molecule has 6 N–H and O–H groups in total. The molecule has 0 saturated carbocycles. The Morgan fingerprint density at radius 3 is 1.18 bits per heavy atom. The van der Waals surface area contributed by atoms with Crippen molar-refractivity contribution in [1.82, 2.24) is 0 Å². The van der Waals surface area contributed by atoms with E-state index in [0.29, 0.717) is 11.1 Å². The zero-order chi connectivity index (χ0) is 29.8. The molecule has 0 aromatic heterocycles. The molecule has 4 rings (SSSR count). The Kier molecular flexibility index (Phi) is 7.32. The van der Waals surface area contributed by atoms with Gasteiger partial charge in [0.1, 0.15) is 11.5 Å². The Hall–Kier alpha value is -4.46. The van der Waals surface area contributed by atoms with E-state index in [0.717, 1.165) is 12.1 Å². The van der Waals surface area contributed by atoms with Crippen LogP contribution in [0.4, 0.5) is 0 Å². The molecule has 0 saturated heterocycles. The van der Waals surface area contributed by atoms with Crippen molar-refractivity contribution >= 4 is 33.1 Å². The monoisotopic (exact) mass is 546 g/mol. The van der Waals surface area contributed by atoms with E-state index in [4.69, 9.17) is 0 Å². The predicted molar refractivity (Wildman–Crippen MR) is 154 cm³/mol. The second-order valence-electron chi connectivity index (χ2n) is 11.3. The second-order valence-corrected chi connectivity index (χ2v) is 11.3. The summed E-state index contributed by atoms with van der Waals surface area (Å²) in [5.41, 5.74) is 1.15. The fraction of sp³-hybridized carbons (Fsp3) is 0.312. The maximum Gasteiger partial charge on any atom is 0.169 e. The molecule has 0 atom stereocenters. The number of fused-ring (bicyclic) bond motifs is 2. The van der Waals surface area contributed by atoms with Crippen LogP contribution in [0.25, 0.3) is 32.7 Å². The number of aromatic hydroxyl groups is 6. The maximum atomic E-state index is 13.0. The lowest BCUT2D eigenvalue weighted by Gasteiger charge is -2.20. The fourth-order valence-electron chi connectivity index (χ4n) is 5.40. The zero-order valence-electron chi connectivity index (χ0n) is 23.4. The minimum Gasteiger partial charge on any atom is -0.507 e. The Morgan fingerprint density at radius 2 is 0.875 bits per heavy atom. The molecule has 210 valence electrons. The van der Waals surface area contributed by atoms with Crippen molar-refractivity contribution in [2.45, 2.75) is 54.4 Å². The molecule has 0 aliphatic heterocycles. The van der Waals surface area contributed by atoms with E-state index in [1.54, 1.807) is 26.0 Å². The molecule has 0 unspecified atom stereocenters. The summed E-state index contributed by atoms with van der Waals surface area (Å²) in [5.74, 6) is -3.74. The molecular formula is C32H34O8. The highest BCUT2D eigenvalue weighted by Gasteiger charge is 2.28. The topological polar surface area (TPSA) is 156 Å². The lowest BCUT2D eigenvalue weighted by atomic mass is 9.86. The van der Waals surface area contributed by atoms with Crippen LogP contribution in [0.15, 0.2) is 24.3 Å². The van der Waals surface area contributed by atoms with Gasteiger partial charge in [-0.3, -0.25) is 9.59 Å². The largest absolute Gasteiger partial charge is 0.507 e. The SMILES string of the molecule is Cc1cc2c(C(=O)CC(C)C)c(O)c(O)cc2c(O)c1-c1c(C)cc2c(C(=O)CC(C)C)c(O)c(O)cc2c1O. The van der Waals surface area contributed by atoms with E-state index in [1.807, 2.05) is 27.7 Å². The summed E-state index contributed by atoms with van der Waals surface area (Å²) in [6, 6.07) is 5.53. The van der Waals surface area contributed by atoms with Gasteiger partial charge in [0.25, 0.3) is 0 Å². The number of Topliss-reactive ketones (excluding diaryl/α,β-unsaturated/α-hetero) is 2. The van der Waals surface area contributed by atoms with E-state index in [-0.39, 0.29) is 80.0 Å². The fourth-order valence-corrected chi connectivity index (χ4v) is 5.40. The number of phenolic OH excluding ortho intramolecular Hbond substituents is 6. The van der Waals surface area contributed by atoms with Crippen molar-refractivity contribution in [2.75, 3.05) is 0 Å². The summed E-state index contributed by atoms with van der Waals surface area (Å²) < 4.78 is 0. The molecule has 4 aromatic rings. The van der Waals surface area contributed by atoms with Gasteiger partial charge in [-0.15, -0.1) is 0 Å². The molecule has 0 spiro atoms. The van der Waals surface area contributed by atoms with Crippen LogP contribution in [-0.2, 0) is 0 Å². The third-order valence-corrected chi connectivity index (χ3v) is 7.13. The van der Waals surface area contributed by atoms with E-state index in [1.165, 1.54) is 0 Å². The number of aryl methyl sites for hydroxylation is 2. The van der Waals surface area contributed by atoms with E-state index in [2.05, 4.69) is 0 Å². The Morgan fingerprint density at radius 1 is 0.550 bits per heavy atom. The summed E-state index contributed by atoms with van der Waals surface area (Å²) in [6.07, 6.45) is 0.235. The first-order valence-corrected chi connectivity index (χ1v) is 13.1. The molecule has 8 nitrogen and oxygen atoms in total. The lowest BCUT2D eigenvalue weighted by Crippen LogP contribution is -2.06. The quantitative estimate of drug-likeness (QED) is 0.107. The average molecular weight is 547 g/mol. The van der Waals surface area contributed by atoms with Crippen LogP contribution >= 0.6 is 0 Å². The second kappa shape index (κ2) is 10.3. The highest BCUT2D eigenvalue weighted by molar-refractivity contribution is 6.16. The Balaban J connectivity index is 2.07. The Labute approximate surface area is 231 Å². The standard InChI is InChI=1S/C32H34O8/c1-13(2)7-21(33)27-17-9-15(5)25(29(37)19(17)11-23(35)31(27)39)26-16(6)10-18-20(30(26)38)12-24(36)32(40)28(18)22(34)8-14(3)4/h9-14,35-40H,7-8H2,1-6H3. The number of carbonyl (C=O) groups is 2. The van der Waals surface area contributed by atoms with Crippen LogP contribution in [0.1, 0.15) is 72.4 Å². The summed E-state index contributed by atoms with van der Waals surface area (Å²) in [4.78, 5) is 26.0. The summed E-state index contributed by atoms with van der Waals surface area (Å²) >= 11 is 0. The summed E-state index contributed by atoms with van der Waals surface area (Å²) in [7, 11) is 0. The number of phenols is 6. The first kappa shape index (κ1) is 28.5. The molecule has 0 bridgehead atoms. The van der Waals surface area contributed by atoms with Gasteiger partial charge in [-0.05, 0) is 61.1 Å². The van der Waals surface area contributed by atoms with Gasteiger partial charge < -0.3 is 30.6 Å². The molecule has 0 fully saturated rings. The van der Waals surface area contributed by atoms with Gasteiger partial charge in [-0.25, -0.2) is 0 Å². The van der Waals surface area contributed by atoms with E-state index < -0.39 is 34.6 Å². The summed E-state index contributed by atoms with van der Waals surface area (Å²) in [6.45, 7) is 10.8. The lowest BCUT2D eigenvalue weighted by molar-refractivity contribution is 0.0957. The van der Waals surface area contributed by atoms with Crippen molar-refractivity contribution in [1.29, 1.82) is 0 Å². The van der Waals surface area contributed by atoms with Crippen LogP contribution in [-0.4, -0.2) is 42.2 Å². The minimum absolute atomic E-state index is 0.0105. The molecule has 0 radical (unpaired) electrons. The average Bonchev–Trinajstić information content (AvgIpc) is 2.83. The van der Waals surface area contributed by atoms with Crippen molar-refractivity contribution in [3.8, 4) is 45.6 Å². The van der Waals surface area contributed by atoms with Crippen molar-refractivity contribution in [3.05, 3.63) is 46.5 Å². The van der Waals surface area contributed by atoms with E-state index in [9.17, 15) is 40.2 Å². The van der Waals surface area contributed by atoms with Crippen LogP contribution in [0.2, 0.25) is 0 Å². The molecule has 0 amide bonds. The molecule has 0 aliphatic rings. The van der Waals surface area contributed by atoms with Gasteiger partial charge in [0.05, 0.1) is 11.1 Å². The van der Waals surface area contributed by atoms with Gasteiger partial charge >= 0.3 is 0 Å². The van der Waals surface area contributed by atoms with E-state index >= 15 is 0 Å². The highest BCUT2D eigenvalue weighted by Crippen LogP contribution is 2.51. The molecule has 40 heavy (non-hydrogen) atoms. The van der Waals surface area contributed by atoms with Gasteiger partial charge in [0.15, 0.2) is 34.6 Å². The van der Waals surface area contributed by atoms with Crippen LogP contribution in [0.5, 0.6) is 34.5 Å². The van der Waals surface area contributed by atoms with Crippen LogP contribution in [0, 0.1) is 25.7 Å². The van der Waals surface area contributed by atoms with Gasteiger partial charge in [0.2, 0.25) is 0 Å². The maximum absolute atomic E-state index is 13.0. The third kappa shape index (κ3) is 4.63. The van der Waals surface area contributed by atoms with Gasteiger partial charge in [-0.2, -0.15) is 0 Å². The zero-order valence-corrected chi connectivity index (χ0v) is 23.4. The third-order valence-electron chi connectivity index (χ3n) is 7.13. The Bertz CT molecular complexity index is 1590. The summed E-state index contributed by atoms with van der Waals surface area (Å²) in [5, 5.41) is 65.7. The number of carbonyl (C=O) groups excluding carboxylic acids is 2. The first-order chi connectivity index (χ1) is 18.6. The predicted octanol–water partition coefficient (Wildman–Crippen LogP) is 6.97. The number of hydrogen-bond donors (Lipinski definition) is 6. The van der Waals surface area contributed by atoms with Gasteiger partial charge in [-0.1, -0.05) is 27.7 Å². The molecule has 4 aromatic carbocycles. The number of ketones is 2. The molecule has 0 heterocycles. The number of rotatable bonds is 7. The highest BCUT2D eigenvalue weighted by atomic mass is 16.3. The van der Waals surface area contributed by atoms with Crippen molar-refractivity contribution in [2.24, 2.45) is 11.8 Å². The number of hydrogen-bond acceptors (Lipinski definition) is 8. The smallest absolute Gasteiger partial charge is 0.169 e. The normalized spacial score (nSPS) is 11.7. The molecule has 0 aliphatic carbocycles.